The maximum atomic E-state index is 12.5. The molecule has 0 radical (unpaired) electrons. The van der Waals surface area contributed by atoms with Crippen LogP contribution in [0.15, 0.2) is 18.3 Å². The predicted molar refractivity (Wildman–Crippen MR) is 72.1 cm³/mol. The molecule has 140 valence electrons. The smallest absolute Gasteiger partial charge is 0.422 e. The molecule has 1 aromatic heterocycles. The number of ether oxygens (including phenoxy) is 1. The van der Waals surface area contributed by atoms with Gasteiger partial charge in [-0.2, -0.15) is 26.3 Å². The van der Waals surface area contributed by atoms with Gasteiger partial charge in [-0.1, -0.05) is 6.92 Å². The van der Waals surface area contributed by atoms with Gasteiger partial charge in [0, 0.05) is 13.2 Å². The highest BCUT2D eigenvalue weighted by Crippen LogP contribution is 2.30. The highest BCUT2D eigenvalue weighted by Gasteiger charge is 2.34. The van der Waals surface area contributed by atoms with Crippen LogP contribution in [0.1, 0.15) is 30.6 Å². The highest BCUT2D eigenvalue weighted by atomic mass is 19.4. The Bertz CT molecular complexity index is 612. The molecule has 0 bridgehead atoms. The van der Waals surface area contributed by atoms with E-state index in [1.807, 2.05) is 0 Å². The van der Waals surface area contributed by atoms with Gasteiger partial charge in [-0.15, -0.1) is 0 Å². The van der Waals surface area contributed by atoms with Gasteiger partial charge in [-0.05, 0) is 18.6 Å². The summed E-state index contributed by atoms with van der Waals surface area (Å²) in [4.78, 5) is 27.6. The first-order chi connectivity index (χ1) is 11.4. The third kappa shape index (κ3) is 5.91. The van der Waals surface area contributed by atoms with Gasteiger partial charge in [0.2, 0.25) is 0 Å². The molecule has 0 saturated heterocycles. The molecule has 1 atom stereocenters. The Labute approximate surface area is 138 Å². The van der Waals surface area contributed by atoms with E-state index >= 15 is 0 Å². The van der Waals surface area contributed by atoms with Crippen LogP contribution in [0.4, 0.5) is 26.3 Å². The summed E-state index contributed by atoms with van der Waals surface area (Å²) in [6, 6.07) is 0.876. The normalized spacial score (nSPS) is 13.3. The number of halogens is 6. The average Bonchev–Trinajstić information content (AvgIpc) is 2.51. The number of carbonyl (C=O) groups is 2. The molecule has 0 aliphatic heterocycles. The lowest BCUT2D eigenvalue weighted by Crippen LogP contribution is -2.38. The second-order valence-corrected chi connectivity index (χ2v) is 5.00. The minimum Gasteiger partial charge on any atom is -0.449 e. The van der Waals surface area contributed by atoms with Crippen molar-refractivity contribution in [2.24, 2.45) is 0 Å². The van der Waals surface area contributed by atoms with Gasteiger partial charge in [0.05, 0.1) is 17.3 Å². The Morgan fingerprint density at radius 2 is 1.80 bits per heavy atom. The molecule has 0 aliphatic carbocycles. The number of carbonyl (C=O) groups excluding carboxylic acids is 2. The van der Waals surface area contributed by atoms with Gasteiger partial charge in [0.1, 0.15) is 0 Å². The Morgan fingerprint density at radius 3 is 2.20 bits per heavy atom. The molecule has 0 aliphatic rings. The maximum absolute atomic E-state index is 12.5. The molecule has 1 heterocycles. The molecule has 0 aromatic carbocycles. The summed E-state index contributed by atoms with van der Waals surface area (Å²) in [5.74, 6) is -3.08. The lowest BCUT2D eigenvalue weighted by atomic mass is 10.1. The number of likely N-dealkylation sites (N-methyl/N-ethyl adjacent to an activating group) is 1. The highest BCUT2D eigenvalue weighted by molar-refractivity contribution is 6.32. The third-order valence-corrected chi connectivity index (χ3v) is 3.17. The molecule has 11 heteroatoms. The summed E-state index contributed by atoms with van der Waals surface area (Å²) in [6.45, 7) is -0.352. The minimum atomic E-state index is -4.78. The van der Waals surface area contributed by atoms with Crippen molar-refractivity contribution in [3.05, 3.63) is 29.6 Å². The molecule has 25 heavy (non-hydrogen) atoms. The van der Waals surface area contributed by atoms with Crippen molar-refractivity contribution >= 4 is 11.9 Å². The van der Waals surface area contributed by atoms with Crippen molar-refractivity contribution in [2.45, 2.75) is 31.7 Å². The molecule has 0 fully saturated rings. The summed E-state index contributed by atoms with van der Waals surface area (Å²) in [6.07, 6.45) is -8.64. The van der Waals surface area contributed by atoms with Crippen LogP contribution in [-0.4, -0.2) is 41.6 Å². The fourth-order valence-electron chi connectivity index (χ4n) is 1.95. The van der Waals surface area contributed by atoms with E-state index in [4.69, 9.17) is 0 Å². The van der Waals surface area contributed by atoms with Gasteiger partial charge in [-0.25, -0.2) is 4.79 Å². The lowest BCUT2D eigenvalue weighted by Gasteiger charge is -2.26. The molecule has 1 amide bonds. The van der Waals surface area contributed by atoms with Crippen LogP contribution in [-0.2, 0) is 20.5 Å². The van der Waals surface area contributed by atoms with Crippen LogP contribution in [0.3, 0.4) is 0 Å². The first kappa shape index (κ1) is 20.7. The van der Waals surface area contributed by atoms with E-state index in [1.165, 1.54) is 0 Å². The van der Waals surface area contributed by atoms with E-state index < -0.39 is 42.4 Å². The van der Waals surface area contributed by atoms with E-state index in [0.717, 1.165) is 24.1 Å². The third-order valence-electron chi connectivity index (χ3n) is 3.17. The van der Waals surface area contributed by atoms with Gasteiger partial charge in [0.15, 0.2) is 6.61 Å². The Balaban J connectivity index is 2.88. The number of pyridine rings is 1. The fraction of sp³-hybridized carbons (Fsp3) is 0.500. The second kappa shape index (κ2) is 7.70. The zero-order chi connectivity index (χ0) is 19.4. The van der Waals surface area contributed by atoms with Gasteiger partial charge >= 0.3 is 24.2 Å². The second-order valence-electron chi connectivity index (χ2n) is 5.00. The van der Waals surface area contributed by atoms with E-state index in [1.54, 1.807) is 6.92 Å². The van der Waals surface area contributed by atoms with Crippen molar-refractivity contribution in [3.8, 4) is 0 Å². The molecular formula is C14H14F6N2O3. The van der Waals surface area contributed by atoms with E-state index in [0.29, 0.717) is 6.20 Å². The average molecular weight is 372 g/mol. The van der Waals surface area contributed by atoms with Crippen molar-refractivity contribution in [1.29, 1.82) is 0 Å². The largest absolute Gasteiger partial charge is 0.449 e. The van der Waals surface area contributed by atoms with Crippen LogP contribution >= 0.6 is 0 Å². The molecule has 0 spiro atoms. The number of amides is 1. The molecule has 0 saturated carbocycles. The first-order valence-electron chi connectivity index (χ1n) is 6.90. The summed E-state index contributed by atoms with van der Waals surface area (Å²) in [7, 11) is 1.12. The van der Waals surface area contributed by atoms with E-state index in [-0.39, 0.29) is 12.1 Å². The quantitative estimate of drug-likeness (QED) is 0.463. The molecule has 1 rings (SSSR count). The Morgan fingerprint density at radius 1 is 1.20 bits per heavy atom. The fourth-order valence-corrected chi connectivity index (χ4v) is 1.95. The van der Waals surface area contributed by atoms with E-state index in [9.17, 15) is 35.9 Å². The van der Waals surface area contributed by atoms with Gasteiger partial charge in [-0.3, -0.25) is 9.78 Å². The monoisotopic (exact) mass is 372 g/mol. The molecular weight excluding hydrogens is 358 g/mol. The number of aromatic nitrogens is 1. The predicted octanol–water partition coefficient (Wildman–Crippen LogP) is 3.12. The van der Waals surface area contributed by atoms with Crippen LogP contribution < -0.4 is 0 Å². The van der Waals surface area contributed by atoms with E-state index in [2.05, 4.69) is 9.72 Å². The van der Waals surface area contributed by atoms with Gasteiger partial charge in [0.25, 0.3) is 0 Å². The molecule has 1 aromatic rings. The summed E-state index contributed by atoms with van der Waals surface area (Å²) in [5.41, 5.74) is -0.945. The van der Waals surface area contributed by atoms with Crippen LogP contribution in [0, 0.1) is 0 Å². The summed E-state index contributed by atoms with van der Waals surface area (Å²) < 4.78 is 77.4. The van der Waals surface area contributed by atoms with Crippen molar-refractivity contribution < 1.29 is 40.7 Å². The SMILES string of the molecule is CCC(c1ccc(C(F)(F)F)cn1)N(C)C(=O)C(=O)OCC(F)(F)F. The van der Waals surface area contributed by atoms with Crippen molar-refractivity contribution in [3.63, 3.8) is 0 Å². The molecule has 1 unspecified atom stereocenters. The number of alkyl halides is 6. The summed E-state index contributed by atoms with van der Waals surface area (Å²) >= 11 is 0. The van der Waals surface area contributed by atoms with Crippen LogP contribution in [0.2, 0.25) is 0 Å². The van der Waals surface area contributed by atoms with Crippen LogP contribution in [0.5, 0.6) is 0 Å². The standard InChI is InChI=1S/C14H14F6N2O3/c1-3-10(9-5-4-8(6-21-9)14(18,19)20)22(2)11(23)12(24)25-7-13(15,16)17/h4-6,10H,3,7H2,1-2H3. The number of esters is 1. The topological polar surface area (TPSA) is 59.5 Å². The first-order valence-corrected chi connectivity index (χ1v) is 6.90. The Hall–Kier alpha value is -2.33. The molecule has 0 N–H and O–H groups in total. The number of hydrogen-bond acceptors (Lipinski definition) is 4. The van der Waals surface area contributed by atoms with Crippen molar-refractivity contribution in [1.82, 2.24) is 9.88 Å². The van der Waals surface area contributed by atoms with Crippen molar-refractivity contribution in [2.75, 3.05) is 13.7 Å². The number of rotatable bonds is 4. The van der Waals surface area contributed by atoms with Gasteiger partial charge < -0.3 is 9.64 Å². The summed E-state index contributed by atoms with van der Waals surface area (Å²) in [5, 5.41) is 0. The minimum absolute atomic E-state index is 0.0509. The van der Waals surface area contributed by atoms with Crippen LogP contribution in [0.25, 0.3) is 0 Å². The Kier molecular flexibility index (Phi) is 6.38. The molecule has 5 nitrogen and oxygen atoms in total. The zero-order valence-corrected chi connectivity index (χ0v) is 13.1. The zero-order valence-electron chi connectivity index (χ0n) is 13.1. The number of hydrogen-bond donors (Lipinski definition) is 0. The maximum Gasteiger partial charge on any atom is 0.422 e. The lowest BCUT2D eigenvalue weighted by molar-refractivity contribution is -0.189. The number of nitrogens with zero attached hydrogens (tertiary/aromatic N) is 2.